The Bertz CT molecular complexity index is 533. The first-order chi connectivity index (χ1) is 12.7. The number of halogens is 1. The summed E-state index contributed by atoms with van der Waals surface area (Å²) in [6.07, 6.45) is 8.61. The molecule has 162 valence electrons. The highest BCUT2D eigenvalue weighted by Crippen LogP contribution is 2.55. The average Bonchev–Trinajstić information content (AvgIpc) is 2.52. The van der Waals surface area contributed by atoms with Crippen molar-refractivity contribution in [2.24, 2.45) is 29.4 Å². The van der Waals surface area contributed by atoms with Gasteiger partial charge in [0.2, 0.25) is 5.91 Å². The van der Waals surface area contributed by atoms with Crippen LogP contribution < -0.4 is 21.7 Å². The molecular weight excluding hydrogens is 376 g/mol. The van der Waals surface area contributed by atoms with E-state index in [1.165, 1.54) is 19.3 Å². The molecule has 4 fully saturated rings. The Hall–Kier alpha value is -1.01. The second kappa shape index (κ2) is 9.21. The molecule has 0 radical (unpaired) electrons. The Kier molecular flexibility index (Phi) is 7.65. The third kappa shape index (κ3) is 5.76. The van der Waals surface area contributed by atoms with E-state index in [1.54, 1.807) is 0 Å². The number of carbonyl (C=O) groups excluding carboxylic acids is 2. The van der Waals surface area contributed by atoms with E-state index < -0.39 is 0 Å². The maximum atomic E-state index is 12.4. The number of urea groups is 1. The monoisotopic (exact) mass is 414 g/mol. The van der Waals surface area contributed by atoms with Gasteiger partial charge in [0.25, 0.3) is 0 Å². The number of nitrogens with one attached hydrogen (secondary N) is 3. The van der Waals surface area contributed by atoms with Gasteiger partial charge in [0, 0.05) is 30.6 Å². The molecule has 4 saturated carbocycles. The van der Waals surface area contributed by atoms with Crippen LogP contribution in [-0.4, -0.2) is 36.1 Å². The van der Waals surface area contributed by atoms with Crippen molar-refractivity contribution < 1.29 is 9.59 Å². The summed E-state index contributed by atoms with van der Waals surface area (Å²) < 4.78 is 0. The van der Waals surface area contributed by atoms with E-state index in [9.17, 15) is 9.59 Å². The molecule has 4 bridgehead atoms. The number of hydrogen-bond acceptors (Lipinski definition) is 3. The van der Waals surface area contributed by atoms with Crippen LogP contribution in [0.1, 0.15) is 72.1 Å². The van der Waals surface area contributed by atoms with Gasteiger partial charge in [-0.1, -0.05) is 13.8 Å². The van der Waals surface area contributed by atoms with Crippen molar-refractivity contribution in [3.63, 3.8) is 0 Å². The molecule has 5 N–H and O–H groups in total. The van der Waals surface area contributed by atoms with Crippen LogP contribution in [0, 0.1) is 23.7 Å². The second-order valence-electron chi connectivity index (χ2n) is 10.2. The summed E-state index contributed by atoms with van der Waals surface area (Å²) in [5.41, 5.74) is 5.48. The Morgan fingerprint density at radius 2 is 1.64 bits per heavy atom. The Morgan fingerprint density at radius 3 is 2.11 bits per heavy atom. The molecular formula is C21H39ClN4O2. The normalized spacial score (nSPS) is 32.4. The number of nitrogens with two attached hydrogens (primary N) is 1. The number of hydrogen-bond donors (Lipinski definition) is 4. The van der Waals surface area contributed by atoms with Crippen LogP contribution in [-0.2, 0) is 4.79 Å². The van der Waals surface area contributed by atoms with E-state index in [0.29, 0.717) is 19.0 Å². The smallest absolute Gasteiger partial charge is 0.315 e. The van der Waals surface area contributed by atoms with Crippen molar-refractivity contribution >= 4 is 24.3 Å². The number of rotatable bonds is 8. The summed E-state index contributed by atoms with van der Waals surface area (Å²) in [5.74, 6) is 2.81. The van der Waals surface area contributed by atoms with Crippen LogP contribution in [0.25, 0.3) is 0 Å². The highest BCUT2D eigenvalue weighted by molar-refractivity contribution is 5.85. The molecule has 28 heavy (non-hydrogen) atoms. The molecule has 0 aromatic carbocycles. The Labute approximate surface area is 175 Å². The van der Waals surface area contributed by atoms with E-state index in [1.807, 2.05) is 6.92 Å². The van der Waals surface area contributed by atoms with Gasteiger partial charge in [-0.3, -0.25) is 4.79 Å². The van der Waals surface area contributed by atoms with Gasteiger partial charge in [-0.25, -0.2) is 4.79 Å². The van der Waals surface area contributed by atoms with Crippen molar-refractivity contribution in [3.8, 4) is 0 Å². The lowest BCUT2D eigenvalue weighted by Crippen LogP contribution is -2.61. The average molecular weight is 415 g/mol. The third-order valence-electron chi connectivity index (χ3n) is 6.81. The van der Waals surface area contributed by atoms with E-state index in [-0.39, 0.29) is 41.8 Å². The van der Waals surface area contributed by atoms with Gasteiger partial charge in [-0.05, 0) is 75.5 Å². The fourth-order valence-electron chi connectivity index (χ4n) is 6.32. The fraction of sp³-hybridized carbons (Fsp3) is 0.905. The zero-order valence-corrected chi connectivity index (χ0v) is 18.5. The summed E-state index contributed by atoms with van der Waals surface area (Å²) in [4.78, 5) is 24.7. The van der Waals surface area contributed by atoms with Gasteiger partial charge in [0.1, 0.15) is 0 Å². The SMILES string of the molecule is CC(C)CC(C)(CN)NC(=O)CCNC(=O)NC12CC3CC(CC(C3)C1)C2.Cl. The maximum Gasteiger partial charge on any atom is 0.315 e. The summed E-state index contributed by atoms with van der Waals surface area (Å²) >= 11 is 0. The Morgan fingerprint density at radius 1 is 1.11 bits per heavy atom. The lowest BCUT2D eigenvalue weighted by molar-refractivity contribution is -0.122. The van der Waals surface area contributed by atoms with Gasteiger partial charge in [-0.15, -0.1) is 12.4 Å². The van der Waals surface area contributed by atoms with Gasteiger partial charge in [0.05, 0.1) is 0 Å². The molecule has 1 unspecified atom stereocenters. The minimum atomic E-state index is -0.382. The fourth-order valence-corrected chi connectivity index (χ4v) is 6.32. The standard InChI is InChI=1S/C21H38N4O2.ClH/c1-14(2)9-20(3,13-22)24-18(26)4-5-23-19(27)25-21-10-15-6-16(11-21)8-17(7-15)12-21;/h14-17H,4-13,22H2,1-3H3,(H,24,26)(H2,23,25,27);1H. The summed E-state index contributed by atoms with van der Waals surface area (Å²) in [5, 5.41) is 9.21. The van der Waals surface area contributed by atoms with Crippen LogP contribution >= 0.6 is 12.4 Å². The molecule has 7 heteroatoms. The van der Waals surface area contributed by atoms with Crippen molar-refractivity contribution in [2.45, 2.75) is 83.2 Å². The summed E-state index contributed by atoms with van der Waals surface area (Å²) in [6, 6.07) is -0.117. The van der Waals surface area contributed by atoms with Crippen LogP contribution in [0.2, 0.25) is 0 Å². The Balaban J connectivity index is 0.00000280. The predicted molar refractivity (Wildman–Crippen MR) is 114 cm³/mol. The molecule has 6 nitrogen and oxygen atoms in total. The van der Waals surface area contributed by atoms with E-state index in [0.717, 1.165) is 43.4 Å². The second-order valence-corrected chi connectivity index (χ2v) is 10.2. The van der Waals surface area contributed by atoms with E-state index >= 15 is 0 Å². The molecule has 0 aromatic rings. The van der Waals surface area contributed by atoms with Crippen LogP contribution in [0.3, 0.4) is 0 Å². The molecule has 1 atom stereocenters. The van der Waals surface area contributed by atoms with Crippen LogP contribution in [0.5, 0.6) is 0 Å². The van der Waals surface area contributed by atoms with Crippen LogP contribution in [0.4, 0.5) is 4.79 Å². The van der Waals surface area contributed by atoms with Crippen molar-refractivity contribution in [2.75, 3.05) is 13.1 Å². The first kappa shape index (κ1) is 23.3. The maximum absolute atomic E-state index is 12.4. The number of amides is 3. The first-order valence-electron chi connectivity index (χ1n) is 10.8. The van der Waals surface area contributed by atoms with Crippen molar-refractivity contribution in [3.05, 3.63) is 0 Å². The van der Waals surface area contributed by atoms with Gasteiger partial charge >= 0.3 is 6.03 Å². The highest BCUT2D eigenvalue weighted by atomic mass is 35.5. The van der Waals surface area contributed by atoms with Gasteiger partial charge in [0.15, 0.2) is 0 Å². The molecule has 0 saturated heterocycles. The zero-order chi connectivity index (χ0) is 19.7. The van der Waals surface area contributed by atoms with E-state index in [4.69, 9.17) is 5.73 Å². The van der Waals surface area contributed by atoms with Gasteiger partial charge < -0.3 is 21.7 Å². The number of carbonyl (C=O) groups is 2. The lowest BCUT2D eigenvalue weighted by Gasteiger charge is -2.56. The minimum Gasteiger partial charge on any atom is -0.350 e. The molecule has 0 aliphatic heterocycles. The zero-order valence-electron chi connectivity index (χ0n) is 17.7. The summed E-state index contributed by atoms with van der Waals surface area (Å²) in [7, 11) is 0. The molecule has 4 rings (SSSR count). The lowest BCUT2D eigenvalue weighted by atomic mass is 9.53. The third-order valence-corrected chi connectivity index (χ3v) is 6.81. The van der Waals surface area contributed by atoms with Crippen LogP contribution in [0.15, 0.2) is 0 Å². The molecule has 4 aliphatic rings. The van der Waals surface area contributed by atoms with Crippen molar-refractivity contribution in [1.82, 2.24) is 16.0 Å². The van der Waals surface area contributed by atoms with Crippen molar-refractivity contribution in [1.29, 1.82) is 0 Å². The largest absolute Gasteiger partial charge is 0.350 e. The topological polar surface area (TPSA) is 96.2 Å². The molecule has 4 aliphatic carbocycles. The quantitative estimate of drug-likeness (QED) is 0.491. The first-order valence-corrected chi connectivity index (χ1v) is 10.8. The van der Waals surface area contributed by atoms with Gasteiger partial charge in [-0.2, -0.15) is 0 Å². The predicted octanol–water partition coefficient (Wildman–Crippen LogP) is 2.95. The molecule has 3 amide bonds. The minimum absolute atomic E-state index is 0. The molecule has 0 heterocycles. The molecule has 0 aromatic heterocycles. The summed E-state index contributed by atoms with van der Waals surface area (Å²) in [6.45, 7) is 6.99. The molecule has 0 spiro atoms. The highest BCUT2D eigenvalue weighted by Gasteiger charge is 2.51. The van der Waals surface area contributed by atoms with E-state index in [2.05, 4.69) is 29.8 Å².